The third-order valence-electron chi connectivity index (χ3n) is 6.09. The molecule has 0 fully saturated rings. The molecule has 1 amide bonds. The summed E-state index contributed by atoms with van der Waals surface area (Å²) >= 11 is 0. The van der Waals surface area contributed by atoms with Crippen LogP contribution >= 0.6 is 0 Å². The van der Waals surface area contributed by atoms with E-state index in [1.807, 2.05) is 42.5 Å². The van der Waals surface area contributed by atoms with Gasteiger partial charge in [-0.1, -0.05) is 30.3 Å². The molecule has 3 aromatic carbocycles. The van der Waals surface area contributed by atoms with Crippen LogP contribution in [0.15, 0.2) is 60.7 Å². The molecule has 0 radical (unpaired) electrons. The summed E-state index contributed by atoms with van der Waals surface area (Å²) in [6.45, 7) is 1.20. The highest BCUT2D eigenvalue weighted by molar-refractivity contribution is 5.92. The summed E-state index contributed by atoms with van der Waals surface area (Å²) in [5.41, 5.74) is 4.14. The number of rotatable bonds is 6. The minimum absolute atomic E-state index is 0.0720. The first-order valence-electron chi connectivity index (χ1n) is 10.9. The van der Waals surface area contributed by atoms with E-state index >= 15 is 0 Å². The molecule has 0 spiro atoms. The lowest BCUT2D eigenvalue weighted by Crippen LogP contribution is -2.41. The van der Waals surface area contributed by atoms with Gasteiger partial charge in [0, 0.05) is 18.3 Å². The number of hydrogen-bond donors (Lipinski definition) is 1. The Kier molecular flexibility index (Phi) is 5.79. The van der Waals surface area contributed by atoms with E-state index in [0.29, 0.717) is 22.9 Å². The van der Waals surface area contributed by atoms with Gasteiger partial charge in [0.15, 0.2) is 23.0 Å². The quantitative estimate of drug-likeness (QED) is 0.617. The maximum absolute atomic E-state index is 13.0. The Morgan fingerprint density at radius 1 is 1.00 bits per heavy atom. The van der Waals surface area contributed by atoms with E-state index < -0.39 is 0 Å². The summed E-state index contributed by atoms with van der Waals surface area (Å²) in [6.07, 6.45) is 0.816. The maximum atomic E-state index is 13.0. The van der Waals surface area contributed by atoms with Crippen LogP contribution in [-0.2, 0) is 11.2 Å². The highest BCUT2D eigenvalue weighted by Crippen LogP contribution is 2.41. The van der Waals surface area contributed by atoms with Crippen LogP contribution in [0.1, 0.15) is 22.7 Å². The molecule has 170 valence electrons. The lowest BCUT2D eigenvalue weighted by Gasteiger charge is -2.37. The van der Waals surface area contributed by atoms with Gasteiger partial charge in [-0.25, -0.2) is 0 Å². The number of anilines is 1. The number of benzene rings is 3. The van der Waals surface area contributed by atoms with Crippen molar-refractivity contribution >= 4 is 11.6 Å². The number of amides is 1. The summed E-state index contributed by atoms with van der Waals surface area (Å²) < 4.78 is 21.9. The van der Waals surface area contributed by atoms with Crippen LogP contribution in [0.5, 0.6) is 23.0 Å². The smallest absolute Gasteiger partial charge is 0.238 e. The lowest BCUT2D eigenvalue weighted by atomic mass is 9.87. The van der Waals surface area contributed by atoms with Crippen molar-refractivity contribution in [3.8, 4) is 23.0 Å². The fraction of sp³-hybridized carbons (Fsp3) is 0.269. The van der Waals surface area contributed by atoms with E-state index in [1.165, 1.54) is 5.56 Å². The predicted octanol–water partition coefficient (Wildman–Crippen LogP) is 4.02. The Labute approximate surface area is 192 Å². The number of ether oxygens (including phenoxy) is 4. The van der Waals surface area contributed by atoms with Crippen LogP contribution in [0.2, 0.25) is 0 Å². The Bertz CT molecular complexity index is 1160. The van der Waals surface area contributed by atoms with Crippen molar-refractivity contribution in [3.63, 3.8) is 0 Å². The van der Waals surface area contributed by atoms with Gasteiger partial charge in [-0.15, -0.1) is 0 Å². The standard InChI is InChI=1S/C26H26N2O5/c1-30-22-12-18-10-11-28(15-25(29)27-19-8-9-21-24(13-19)33-16-32-21)26(17-6-4-3-5-7-17)20(18)14-23(22)31-2/h3-9,12-14,26H,10-11,15-16H2,1-2H3,(H,27,29)/t26-/m1/s1. The van der Waals surface area contributed by atoms with Gasteiger partial charge < -0.3 is 24.3 Å². The Morgan fingerprint density at radius 2 is 1.76 bits per heavy atom. The minimum atomic E-state index is -0.0845. The van der Waals surface area contributed by atoms with Crippen molar-refractivity contribution in [1.29, 1.82) is 0 Å². The van der Waals surface area contributed by atoms with E-state index in [2.05, 4.69) is 22.3 Å². The number of hydrogen-bond acceptors (Lipinski definition) is 6. The number of methoxy groups -OCH3 is 2. The SMILES string of the molecule is COc1cc2c(cc1OC)[C@@H](c1ccccc1)N(CC(=O)Nc1ccc3c(c1)OCO3)CC2. The van der Waals surface area contributed by atoms with Crippen molar-refractivity contribution in [2.75, 3.05) is 39.4 Å². The Balaban J connectivity index is 1.42. The third-order valence-corrected chi connectivity index (χ3v) is 6.09. The topological polar surface area (TPSA) is 69.3 Å². The number of nitrogens with zero attached hydrogens (tertiary/aromatic N) is 1. The van der Waals surface area contributed by atoms with Gasteiger partial charge in [0.2, 0.25) is 12.7 Å². The van der Waals surface area contributed by atoms with Crippen molar-refractivity contribution in [2.45, 2.75) is 12.5 Å². The highest BCUT2D eigenvalue weighted by atomic mass is 16.7. The second-order valence-electron chi connectivity index (χ2n) is 8.06. The van der Waals surface area contributed by atoms with Gasteiger partial charge in [-0.05, 0) is 47.4 Å². The number of fused-ring (bicyclic) bond motifs is 2. The molecule has 0 saturated carbocycles. The van der Waals surface area contributed by atoms with Gasteiger partial charge in [-0.3, -0.25) is 9.69 Å². The van der Waals surface area contributed by atoms with Crippen LogP contribution < -0.4 is 24.3 Å². The van der Waals surface area contributed by atoms with Crippen molar-refractivity contribution in [2.24, 2.45) is 0 Å². The zero-order chi connectivity index (χ0) is 22.8. The molecule has 7 heteroatoms. The van der Waals surface area contributed by atoms with Crippen molar-refractivity contribution in [1.82, 2.24) is 4.90 Å². The first kappa shape index (κ1) is 21.2. The molecule has 2 aliphatic heterocycles. The molecule has 5 rings (SSSR count). The molecule has 1 N–H and O–H groups in total. The molecule has 0 unspecified atom stereocenters. The normalized spacial score (nSPS) is 16.7. The van der Waals surface area contributed by atoms with Crippen LogP contribution in [0.3, 0.4) is 0 Å². The second kappa shape index (κ2) is 9.03. The first-order chi connectivity index (χ1) is 16.2. The average molecular weight is 447 g/mol. The molecule has 2 heterocycles. The van der Waals surface area contributed by atoms with Gasteiger partial charge in [0.25, 0.3) is 0 Å². The molecule has 33 heavy (non-hydrogen) atoms. The van der Waals surface area contributed by atoms with E-state index in [4.69, 9.17) is 18.9 Å². The van der Waals surface area contributed by atoms with Gasteiger partial charge in [0.1, 0.15) is 0 Å². The molecule has 7 nitrogen and oxygen atoms in total. The molecule has 3 aromatic rings. The summed E-state index contributed by atoms with van der Waals surface area (Å²) in [5, 5.41) is 2.99. The van der Waals surface area contributed by atoms with Crippen LogP contribution in [0.4, 0.5) is 5.69 Å². The van der Waals surface area contributed by atoms with Gasteiger partial charge in [0.05, 0.1) is 26.8 Å². The van der Waals surface area contributed by atoms with Gasteiger partial charge >= 0.3 is 0 Å². The molecular formula is C26H26N2O5. The highest BCUT2D eigenvalue weighted by Gasteiger charge is 2.31. The number of nitrogens with one attached hydrogen (secondary N) is 1. The zero-order valence-corrected chi connectivity index (χ0v) is 18.7. The van der Waals surface area contributed by atoms with Crippen molar-refractivity contribution < 1.29 is 23.7 Å². The van der Waals surface area contributed by atoms with Crippen LogP contribution in [0.25, 0.3) is 0 Å². The first-order valence-corrected chi connectivity index (χ1v) is 10.9. The molecule has 0 aromatic heterocycles. The zero-order valence-electron chi connectivity index (χ0n) is 18.7. The van der Waals surface area contributed by atoms with E-state index in [-0.39, 0.29) is 25.3 Å². The number of carbonyl (C=O) groups is 1. The molecule has 1 atom stereocenters. The second-order valence-corrected chi connectivity index (χ2v) is 8.06. The average Bonchev–Trinajstić information content (AvgIpc) is 3.31. The van der Waals surface area contributed by atoms with Crippen LogP contribution in [-0.4, -0.2) is 44.9 Å². The number of carbonyl (C=O) groups excluding carboxylic acids is 1. The molecular weight excluding hydrogens is 420 g/mol. The van der Waals surface area contributed by atoms with Crippen molar-refractivity contribution in [3.05, 3.63) is 77.4 Å². The third kappa shape index (κ3) is 4.19. The maximum Gasteiger partial charge on any atom is 0.238 e. The Hall–Kier alpha value is -3.71. The molecule has 0 bridgehead atoms. The minimum Gasteiger partial charge on any atom is -0.493 e. The molecule has 0 aliphatic carbocycles. The lowest BCUT2D eigenvalue weighted by molar-refractivity contribution is -0.117. The summed E-state index contributed by atoms with van der Waals surface area (Å²) in [6, 6.07) is 19.7. The molecule has 2 aliphatic rings. The fourth-order valence-corrected chi connectivity index (χ4v) is 4.55. The molecule has 0 saturated heterocycles. The fourth-order valence-electron chi connectivity index (χ4n) is 4.55. The summed E-state index contributed by atoms with van der Waals surface area (Å²) in [4.78, 5) is 15.2. The monoisotopic (exact) mass is 446 g/mol. The predicted molar refractivity (Wildman–Crippen MR) is 124 cm³/mol. The van der Waals surface area contributed by atoms with Gasteiger partial charge in [-0.2, -0.15) is 0 Å². The summed E-state index contributed by atoms with van der Waals surface area (Å²) in [5.74, 6) is 2.65. The summed E-state index contributed by atoms with van der Waals surface area (Å²) in [7, 11) is 3.29. The van der Waals surface area contributed by atoms with E-state index in [9.17, 15) is 4.79 Å². The van der Waals surface area contributed by atoms with Crippen LogP contribution in [0, 0.1) is 0 Å². The van der Waals surface area contributed by atoms with E-state index in [1.54, 1.807) is 20.3 Å². The largest absolute Gasteiger partial charge is 0.493 e. The Morgan fingerprint density at radius 3 is 2.55 bits per heavy atom. The van der Waals surface area contributed by atoms with E-state index in [0.717, 1.165) is 29.8 Å².